The van der Waals surface area contributed by atoms with Crippen molar-refractivity contribution >= 4 is 17.2 Å². The zero-order valence-corrected chi connectivity index (χ0v) is 12.9. The molecule has 0 bridgehead atoms. The summed E-state index contributed by atoms with van der Waals surface area (Å²) in [4.78, 5) is 15.7. The number of benzene rings is 1. The first-order chi connectivity index (χ1) is 10.7. The van der Waals surface area contributed by atoms with Crippen LogP contribution in [0.4, 0.5) is 4.39 Å². The molecule has 0 spiro atoms. The minimum absolute atomic E-state index is 0.0585. The Labute approximate surface area is 132 Å². The van der Waals surface area contributed by atoms with Gasteiger partial charge in [0.15, 0.2) is 0 Å². The first kappa shape index (κ1) is 13.9. The quantitative estimate of drug-likeness (QED) is 0.946. The molecular formula is C17H17FN2OS. The molecule has 22 heavy (non-hydrogen) atoms. The standard InChI is InChI=1S/C17H17FN2OS/c18-12-3-1-10(2-4-12)16-13(5-6-22-16)17(21)20-9-11-7-14(11)15(20)8-19/h1-6,11,14-15H,7-9,19H2/t11-,14-,15+/m0/s1. The molecule has 1 amide bonds. The number of amides is 1. The smallest absolute Gasteiger partial charge is 0.255 e. The molecule has 5 heteroatoms. The van der Waals surface area contributed by atoms with Crippen molar-refractivity contribution in [3.05, 3.63) is 47.1 Å². The lowest BCUT2D eigenvalue weighted by Gasteiger charge is -2.26. The molecule has 0 unspecified atom stereocenters. The predicted octanol–water partition coefficient (Wildman–Crippen LogP) is 2.97. The fourth-order valence-electron chi connectivity index (χ4n) is 3.56. The van der Waals surface area contributed by atoms with Crippen molar-refractivity contribution in [3.63, 3.8) is 0 Å². The number of fused-ring (bicyclic) bond motifs is 1. The van der Waals surface area contributed by atoms with Crippen LogP contribution in [0.2, 0.25) is 0 Å². The number of likely N-dealkylation sites (tertiary alicyclic amines) is 1. The van der Waals surface area contributed by atoms with Gasteiger partial charge in [0.1, 0.15) is 5.82 Å². The van der Waals surface area contributed by atoms with Gasteiger partial charge in [0.05, 0.1) is 5.56 Å². The third-order valence-corrected chi connectivity index (χ3v) is 5.77. The lowest BCUT2D eigenvalue weighted by atomic mass is 10.1. The van der Waals surface area contributed by atoms with Gasteiger partial charge in [0, 0.05) is 24.0 Å². The molecule has 2 fully saturated rings. The Hall–Kier alpha value is -1.72. The zero-order chi connectivity index (χ0) is 15.3. The van der Waals surface area contributed by atoms with E-state index in [4.69, 9.17) is 5.73 Å². The van der Waals surface area contributed by atoms with E-state index in [9.17, 15) is 9.18 Å². The molecule has 1 aliphatic heterocycles. The van der Waals surface area contributed by atoms with Gasteiger partial charge in [-0.25, -0.2) is 4.39 Å². The van der Waals surface area contributed by atoms with Crippen molar-refractivity contribution in [3.8, 4) is 10.4 Å². The summed E-state index contributed by atoms with van der Waals surface area (Å²) in [5, 5.41) is 1.92. The minimum atomic E-state index is -0.268. The van der Waals surface area contributed by atoms with E-state index in [1.807, 2.05) is 16.3 Å². The van der Waals surface area contributed by atoms with Gasteiger partial charge < -0.3 is 10.6 Å². The van der Waals surface area contributed by atoms with Gasteiger partial charge in [0.2, 0.25) is 0 Å². The maximum Gasteiger partial charge on any atom is 0.255 e. The average molecular weight is 316 g/mol. The fourth-order valence-corrected chi connectivity index (χ4v) is 4.46. The molecule has 1 aliphatic carbocycles. The second-order valence-corrected chi connectivity index (χ2v) is 7.01. The van der Waals surface area contributed by atoms with Crippen molar-refractivity contribution in [2.24, 2.45) is 17.6 Å². The summed E-state index contributed by atoms with van der Waals surface area (Å²) in [5.41, 5.74) is 7.45. The summed E-state index contributed by atoms with van der Waals surface area (Å²) in [5.74, 6) is 1.03. The number of nitrogens with two attached hydrogens (primary N) is 1. The number of thiophene rings is 1. The molecule has 2 N–H and O–H groups in total. The number of piperidine rings is 1. The normalized spacial score (nSPS) is 26.1. The zero-order valence-electron chi connectivity index (χ0n) is 12.0. The average Bonchev–Trinajstić information content (AvgIpc) is 2.99. The monoisotopic (exact) mass is 316 g/mol. The van der Waals surface area contributed by atoms with E-state index in [1.165, 1.54) is 29.9 Å². The lowest BCUT2D eigenvalue weighted by molar-refractivity contribution is 0.0713. The largest absolute Gasteiger partial charge is 0.334 e. The Morgan fingerprint density at radius 1 is 1.32 bits per heavy atom. The van der Waals surface area contributed by atoms with Crippen molar-refractivity contribution in [1.29, 1.82) is 0 Å². The molecule has 1 saturated carbocycles. The van der Waals surface area contributed by atoms with E-state index in [1.54, 1.807) is 12.1 Å². The molecule has 114 valence electrons. The number of rotatable bonds is 3. The topological polar surface area (TPSA) is 46.3 Å². The van der Waals surface area contributed by atoms with Crippen molar-refractivity contribution < 1.29 is 9.18 Å². The molecule has 2 aliphatic rings. The number of carbonyl (C=O) groups is 1. The highest BCUT2D eigenvalue weighted by Gasteiger charge is 2.53. The van der Waals surface area contributed by atoms with Crippen LogP contribution in [0.3, 0.4) is 0 Å². The van der Waals surface area contributed by atoms with E-state index >= 15 is 0 Å². The highest BCUT2D eigenvalue weighted by molar-refractivity contribution is 7.14. The van der Waals surface area contributed by atoms with Crippen molar-refractivity contribution in [2.75, 3.05) is 13.1 Å². The summed E-state index contributed by atoms with van der Waals surface area (Å²) in [6, 6.07) is 8.34. The Balaban J connectivity index is 1.65. The van der Waals surface area contributed by atoms with Crippen molar-refractivity contribution in [2.45, 2.75) is 12.5 Å². The number of nitrogens with zero attached hydrogens (tertiary/aromatic N) is 1. The van der Waals surface area contributed by atoms with E-state index in [0.717, 1.165) is 17.0 Å². The highest BCUT2D eigenvalue weighted by Crippen LogP contribution is 2.49. The third-order valence-electron chi connectivity index (χ3n) is 4.81. The molecule has 0 radical (unpaired) electrons. The molecule has 1 saturated heterocycles. The number of halogens is 1. The van der Waals surface area contributed by atoms with E-state index in [2.05, 4.69) is 0 Å². The van der Waals surface area contributed by atoms with Gasteiger partial charge in [-0.3, -0.25) is 4.79 Å². The van der Waals surface area contributed by atoms with Crippen LogP contribution in [0, 0.1) is 17.7 Å². The molecule has 1 aromatic carbocycles. The van der Waals surface area contributed by atoms with Crippen LogP contribution >= 0.6 is 11.3 Å². The summed E-state index contributed by atoms with van der Waals surface area (Å²) in [6.45, 7) is 1.35. The van der Waals surface area contributed by atoms with Crippen LogP contribution in [0.5, 0.6) is 0 Å². The SMILES string of the molecule is NC[C@@H]1[C@H]2C[C@H]2CN1C(=O)c1ccsc1-c1ccc(F)cc1. The van der Waals surface area contributed by atoms with Gasteiger partial charge in [-0.1, -0.05) is 12.1 Å². The summed E-state index contributed by atoms with van der Waals surface area (Å²) < 4.78 is 13.1. The van der Waals surface area contributed by atoms with Gasteiger partial charge >= 0.3 is 0 Å². The Kier molecular flexibility index (Phi) is 3.27. The lowest BCUT2D eigenvalue weighted by Crippen LogP contribution is -2.42. The maximum atomic E-state index is 13.1. The fraction of sp³-hybridized carbons (Fsp3) is 0.353. The van der Waals surface area contributed by atoms with Gasteiger partial charge in [-0.05, 0) is 47.4 Å². The second kappa shape index (κ2) is 5.18. The first-order valence-electron chi connectivity index (χ1n) is 7.53. The van der Waals surface area contributed by atoms with Crippen LogP contribution in [0.1, 0.15) is 16.8 Å². The van der Waals surface area contributed by atoms with Crippen LogP contribution < -0.4 is 5.73 Å². The Morgan fingerprint density at radius 2 is 2.09 bits per heavy atom. The molecule has 1 aromatic heterocycles. The Morgan fingerprint density at radius 3 is 2.82 bits per heavy atom. The molecule has 3 nitrogen and oxygen atoms in total. The summed E-state index contributed by atoms with van der Waals surface area (Å²) in [7, 11) is 0. The predicted molar refractivity (Wildman–Crippen MR) is 85.2 cm³/mol. The van der Waals surface area contributed by atoms with Crippen LogP contribution in [-0.2, 0) is 0 Å². The van der Waals surface area contributed by atoms with Crippen molar-refractivity contribution in [1.82, 2.24) is 4.90 Å². The molecule has 4 rings (SSSR count). The van der Waals surface area contributed by atoms with E-state index in [-0.39, 0.29) is 17.8 Å². The first-order valence-corrected chi connectivity index (χ1v) is 8.41. The van der Waals surface area contributed by atoms with Gasteiger partial charge in [-0.2, -0.15) is 0 Å². The number of hydrogen-bond donors (Lipinski definition) is 1. The van der Waals surface area contributed by atoms with Crippen LogP contribution in [-0.4, -0.2) is 29.9 Å². The molecular weight excluding hydrogens is 299 g/mol. The van der Waals surface area contributed by atoms with Crippen LogP contribution in [0.25, 0.3) is 10.4 Å². The summed E-state index contributed by atoms with van der Waals surface area (Å²) in [6.07, 6.45) is 1.21. The number of carbonyl (C=O) groups excluding carboxylic acids is 1. The van der Waals surface area contributed by atoms with Gasteiger partial charge in [0.25, 0.3) is 5.91 Å². The molecule has 2 heterocycles. The summed E-state index contributed by atoms with van der Waals surface area (Å²) >= 11 is 1.52. The maximum absolute atomic E-state index is 13.1. The minimum Gasteiger partial charge on any atom is -0.334 e. The highest BCUT2D eigenvalue weighted by atomic mass is 32.1. The van der Waals surface area contributed by atoms with E-state index < -0.39 is 0 Å². The second-order valence-electron chi connectivity index (χ2n) is 6.09. The Bertz CT molecular complexity index is 712. The van der Waals surface area contributed by atoms with Gasteiger partial charge in [-0.15, -0.1) is 11.3 Å². The molecule has 3 atom stereocenters. The van der Waals surface area contributed by atoms with E-state index in [0.29, 0.717) is 23.9 Å². The third kappa shape index (κ3) is 2.16. The van der Waals surface area contributed by atoms with Crippen LogP contribution in [0.15, 0.2) is 35.7 Å². The molecule has 2 aromatic rings. The number of hydrogen-bond acceptors (Lipinski definition) is 3.